The van der Waals surface area contributed by atoms with E-state index in [2.05, 4.69) is 38.2 Å². The number of ether oxygens (including phenoxy) is 1. The summed E-state index contributed by atoms with van der Waals surface area (Å²) < 4.78 is 5.85. The van der Waals surface area contributed by atoms with E-state index >= 15 is 0 Å². The summed E-state index contributed by atoms with van der Waals surface area (Å²) in [5, 5.41) is 23.5. The standard InChI is InChI=1S/C43H83NO5/c1-4-7-10-13-16-19-21-23-26-29-32-35-41(46)40(38-45)44-42(47)37-39(34-31-28-25-18-15-12-9-6-3)49-43(48)36-33-30-27-24-22-20-17-14-11-8-5-2/h12,15,39-41,45-46H,4-11,13-14,16-38H2,1-3H3,(H,44,47)/b15-12-. The van der Waals surface area contributed by atoms with E-state index in [1.807, 2.05) is 0 Å². The molecule has 0 fully saturated rings. The third kappa shape index (κ3) is 33.5. The van der Waals surface area contributed by atoms with Crippen LogP contribution in [0, 0.1) is 0 Å². The fourth-order valence-electron chi connectivity index (χ4n) is 6.55. The maximum Gasteiger partial charge on any atom is 0.306 e. The fraction of sp³-hybridized carbons (Fsp3) is 0.907. The van der Waals surface area contributed by atoms with Crippen LogP contribution >= 0.6 is 0 Å². The lowest BCUT2D eigenvalue weighted by molar-refractivity contribution is -0.151. The molecular formula is C43H83NO5. The molecule has 0 radical (unpaired) electrons. The Hall–Kier alpha value is -1.40. The van der Waals surface area contributed by atoms with E-state index in [1.54, 1.807) is 0 Å². The van der Waals surface area contributed by atoms with Gasteiger partial charge in [0.05, 0.1) is 25.2 Å². The molecule has 0 saturated heterocycles. The van der Waals surface area contributed by atoms with E-state index in [0.29, 0.717) is 19.3 Å². The molecule has 290 valence electrons. The van der Waals surface area contributed by atoms with Gasteiger partial charge >= 0.3 is 5.97 Å². The Morgan fingerprint density at radius 2 is 1.02 bits per heavy atom. The number of hydrogen-bond donors (Lipinski definition) is 3. The van der Waals surface area contributed by atoms with Crippen molar-refractivity contribution in [1.82, 2.24) is 5.32 Å². The Morgan fingerprint density at radius 1 is 0.571 bits per heavy atom. The molecule has 0 aromatic rings. The van der Waals surface area contributed by atoms with Gasteiger partial charge in [-0.2, -0.15) is 0 Å². The van der Waals surface area contributed by atoms with Crippen molar-refractivity contribution in [2.75, 3.05) is 6.61 Å². The van der Waals surface area contributed by atoms with E-state index in [9.17, 15) is 19.8 Å². The molecule has 49 heavy (non-hydrogen) atoms. The topological polar surface area (TPSA) is 95.9 Å². The first-order chi connectivity index (χ1) is 24.0. The lowest BCUT2D eigenvalue weighted by Gasteiger charge is -2.24. The van der Waals surface area contributed by atoms with Crippen molar-refractivity contribution in [3.05, 3.63) is 12.2 Å². The molecule has 0 aliphatic heterocycles. The van der Waals surface area contributed by atoms with Gasteiger partial charge in [-0.1, -0.05) is 181 Å². The maximum absolute atomic E-state index is 13.0. The highest BCUT2D eigenvalue weighted by molar-refractivity contribution is 5.77. The van der Waals surface area contributed by atoms with Gasteiger partial charge < -0.3 is 20.3 Å². The van der Waals surface area contributed by atoms with Gasteiger partial charge in [-0.05, 0) is 44.9 Å². The summed E-state index contributed by atoms with van der Waals surface area (Å²) >= 11 is 0. The summed E-state index contributed by atoms with van der Waals surface area (Å²) in [4.78, 5) is 25.8. The summed E-state index contributed by atoms with van der Waals surface area (Å²) in [7, 11) is 0. The van der Waals surface area contributed by atoms with E-state index < -0.39 is 18.2 Å². The monoisotopic (exact) mass is 694 g/mol. The van der Waals surface area contributed by atoms with Gasteiger partial charge in [0.2, 0.25) is 5.91 Å². The Morgan fingerprint density at radius 3 is 1.53 bits per heavy atom. The van der Waals surface area contributed by atoms with Crippen molar-refractivity contribution in [3.8, 4) is 0 Å². The highest BCUT2D eigenvalue weighted by Crippen LogP contribution is 2.17. The number of hydrogen-bond acceptors (Lipinski definition) is 5. The number of carbonyl (C=O) groups is 2. The molecule has 0 rings (SSSR count). The van der Waals surface area contributed by atoms with Crippen LogP contribution < -0.4 is 5.32 Å². The van der Waals surface area contributed by atoms with Crippen LogP contribution in [-0.2, 0) is 14.3 Å². The summed E-state index contributed by atoms with van der Waals surface area (Å²) in [6.45, 7) is 6.38. The Balaban J connectivity index is 4.51. The van der Waals surface area contributed by atoms with Gasteiger partial charge in [-0.25, -0.2) is 0 Å². The van der Waals surface area contributed by atoms with Crippen LogP contribution in [-0.4, -0.2) is 46.9 Å². The zero-order chi connectivity index (χ0) is 36.0. The minimum atomic E-state index is -0.782. The first-order valence-electron chi connectivity index (χ1n) is 21.4. The molecule has 3 atom stereocenters. The van der Waals surface area contributed by atoms with Crippen LogP contribution in [0.4, 0.5) is 0 Å². The Kier molecular flexibility index (Phi) is 36.8. The molecule has 0 aromatic carbocycles. The molecule has 0 saturated carbocycles. The summed E-state index contributed by atoms with van der Waals surface area (Å²) in [5.41, 5.74) is 0. The predicted molar refractivity (Wildman–Crippen MR) is 209 cm³/mol. The Bertz CT molecular complexity index is 742. The number of nitrogens with one attached hydrogen (secondary N) is 1. The summed E-state index contributed by atoms with van der Waals surface area (Å²) in [6, 6.07) is -0.696. The molecule has 0 aliphatic rings. The van der Waals surface area contributed by atoms with Crippen molar-refractivity contribution >= 4 is 11.9 Å². The number of aliphatic hydroxyl groups is 2. The van der Waals surface area contributed by atoms with Crippen molar-refractivity contribution in [1.29, 1.82) is 0 Å². The van der Waals surface area contributed by atoms with Crippen LogP contribution in [0.3, 0.4) is 0 Å². The minimum Gasteiger partial charge on any atom is -0.462 e. The molecule has 0 bridgehead atoms. The predicted octanol–water partition coefficient (Wildman–Crippen LogP) is 11.8. The van der Waals surface area contributed by atoms with Crippen molar-refractivity contribution < 1.29 is 24.5 Å². The SMILES string of the molecule is CCC/C=C\CCCCCC(CC(=O)NC(CO)C(O)CCCCCCCCCCCCC)OC(=O)CCCCCCCCCCCCC. The van der Waals surface area contributed by atoms with Crippen LogP contribution in [0.5, 0.6) is 0 Å². The number of aliphatic hydroxyl groups excluding tert-OH is 2. The first-order valence-corrected chi connectivity index (χ1v) is 21.4. The second-order valence-electron chi connectivity index (χ2n) is 14.7. The maximum atomic E-state index is 13.0. The largest absolute Gasteiger partial charge is 0.462 e. The van der Waals surface area contributed by atoms with Crippen LogP contribution in [0.2, 0.25) is 0 Å². The van der Waals surface area contributed by atoms with Gasteiger partial charge in [-0.3, -0.25) is 9.59 Å². The average Bonchev–Trinajstić information content (AvgIpc) is 3.09. The van der Waals surface area contributed by atoms with Crippen molar-refractivity contribution in [2.24, 2.45) is 0 Å². The molecule has 0 spiro atoms. The minimum absolute atomic E-state index is 0.0715. The zero-order valence-electron chi connectivity index (χ0n) is 32.8. The van der Waals surface area contributed by atoms with Gasteiger partial charge in [0.15, 0.2) is 0 Å². The van der Waals surface area contributed by atoms with Crippen LogP contribution in [0.1, 0.15) is 226 Å². The van der Waals surface area contributed by atoms with E-state index in [4.69, 9.17) is 4.74 Å². The molecule has 3 N–H and O–H groups in total. The second kappa shape index (κ2) is 37.8. The highest BCUT2D eigenvalue weighted by Gasteiger charge is 2.24. The Labute approximate surface area is 304 Å². The molecule has 3 unspecified atom stereocenters. The van der Waals surface area contributed by atoms with Crippen molar-refractivity contribution in [3.63, 3.8) is 0 Å². The summed E-state index contributed by atoms with van der Waals surface area (Å²) in [5.74, 6) is -0.488. The molecule has 6 nitrogen and oxygen atoms in total. The molecule has 0 aromatic heterocycles. The van der Waals surface area contributed by atoms with Crippen LogP contribution in [0.15, 0.2) is 12.2 Å². The molecule has 0 heterocycles. The highest BCUT2D eigenvalue weighted by atomic mass is 16.5. The molecule has 6 heteroatoms. The van der Waals surface area contributed by atoms with E-state index in [1.165, 1.54) is 116 Å². The molecular weight excluding hydrogens is 610 g/mol. The number of amides is 1. The molecule has 0 aliphatic carbocycles. The number of rotatable bonds is 38. The lowest BCUT2D eigenvalue weighted by Crippen LogP contribution is -2.46. The van der Waals surface area contributed by atoms with Gasteiger partial charge in [0, 0.05) is 6.42 Å². The van der Waals surface area contributed by atoms with E-state index in [-0.39, 0.29) is 24.9 Å². The van der Waals surface area contributed by atoms with Crippen molar-refractivity contribution in [2.45, 2.75) is 244 Å². The second-order valence-corrected chi connectivity index (χ2v) is 14.7. The van der Waals surface area contributed by atoms with Gasteiger partial charge in [0.1, 0.15) is 6.10 Å². The number of allylic oxidation sites excluding steroid dienone is 2. The third-order valence-electron chi connectivity index (χ3n) is 9.83. The number of carbonyl (C=O) groups excluding carboxylic acids is 2. The fourth-order valence-corrected chi connectivity index (χ4v) is 6.55. The summed E-state index contributed by atoms with van der Waals surface area (Å²) in [6.07, 6.45) is 38.5. The third-order valence-corrected chi connectivity index (χ3v) is 9.83. The van der Waals surface area contributed by atoms with Crippen LogP contribution in [0.25, 0.3) is 0 Å². The smallest absolute Gasteiger partial charge is 0.306 e. The quantitative estimate of drug-likeness (QED) is 0.0340. The van der Waals surface area contributed by atoms with Gasteiger partial charge in [-0.15, -0.1) is 0 Å². The number of esters is 1. The van der Waals surface area contributed by atoms with E-state index in [0.717, 1.165) is 64.2 Å². The first kappa shape index (κ1) is 47.6. The lowest BCUT2D eigenvalue weighted by atomic mass is 10.0. The van der Waals surface area contributed by atoms with Gasteiger partial charge in [0.25, 0.3) is 0 Å². The molecule has 1 amide bonds. The zero-order valence-corrected chi connectivity index (χ0v) is 32.8. The number of unbranched alkanes of at least 4 members (excludes halogenated alkanes) is 24. The normalized spacial score (nSPS) is 13.5. The average molecular weight is 694 g/mol.